The monoisotopic (exact) mass is 272 g/mol. The van der Waals surface area contributed by atoms with Gasteiger partial charge < -0.3 is 5.32 Å². The maximum absolute atomic E-state index is 6.20. The van der Waals surface area contributed by atoms with Crippen LogP contribution in [0.2, 0.25) is 10.0 Å². The molecule has 2 nitrogen and oxygen atoms in total. The lowest BCUT2D eigenvalue weighted by Crippen LogP contribution is -2.40. The maximum atomic E-state index is 6.20. The minimum absolute atomic E-state index is 0.647. The molecule has 0 amide bonds. The van der Waals surface area contributed by atoms with Crippen LogP contribution in [-0.2, 0) is 6.54 Å². The van der Waals surface area contributed by atoms with Crippen LogP contribution >= 0.6 is 23.2 Å². The Hall–Kier alpha value is -0.280. The Kier molecular flexibility index (Phi) is 4.69. The third kappa shape index (κ3) is 3.35. The molecule has 1 N–H and O–H groups in total. The molecule has 0 spiro atoms. The fourth-order valence-electron chi connectivity index (χ4n) is 2.29. The number of nitrogens with zero attached hydrogens (tertiary/aromatic N) is 1. The van der Waals surface area contributed by atoms with Gasteiger partial charge in [-0.1, -0.05) is 35.3 Å². The topological polar surface area (TPSA) is 15.3 Å². The van der Waals surface area contributed by atoms with Crippen molar-refractivity contribution in [3.63, 3.8) is 0 Å². The first-order valence-corrected chi connectivity index (χ1v) is 6.79. The molecule has 0 aliphatic carbocycles. The highest BCUT2D eigenvalue weighted by Gasteiger charge is 2.18. The van der Waals surface area contributed by atoms with Gasteiger partial charge in [-0.3, -0.25) is 4.90 Å². The number of hydrogen-bond acceptors (Lipinski definition) is 2. The number of piperidine rings is 1. The lowest BCUT2D eigenvalue weighted by atomic mass is 10.0. The average Bonchev–Trinajstić information content (AvgIpc) is 2.36. The zero-order chi connectivity index (χ0) is 12.3. The highest BCUT2D eigenvalue weighted by Crippen LogP contribution is 2.27. The van der Waals surface area contributed by atoms with Gasteiger partial charge in [0.05, 0.1) is 10.0 Å². The molecule has 0 bridgehead atoms. The lowest BCUT2D eigenvalue weighted by molar-refractivity contribution is 0.194. The molecule has 2 rings (SSSR count). The zero-order valence-corrected chi connectivity index (χ0v) is 11.6. The number of hydrogen-bond donors (Lipinski definition) is 1. The molecule has 0 unspecified atom stereocenters. The number of benzene rings is 1. The van der Waals surface area contributed by atoms with Crippen LogP contribution in [0.25, 0.3) is 0 Å². The van der Waals surface area contributed by atoms with Crippen LogP contribution in [0.3, 0.4) is 0 Å². The summed E-state index contributed by atoms with van der Waals surface area (Å²) >= 11 is 12.2. The van der Waals surface area contributed by atoms with E-state index in [0.717, 1.165) is 25.2 Å². The third-order valence-corrected chi connectivity index (χ3v) is 4.28. The second kappa shape index (κ2) is 6.05. The molecule has 0 radical (unpaired) electrons. The summed E-state index contributed by atoms with van der Waals surface area (Å²) in [6.45, 7) is 3.14. The van der Waals surface area contributed by atoms with Gasteiger partial charge in [0.25, 0.3) is 0 Å². The highest BCUT2D eigenvalue weighted by molar-refractivity contribution is 6.42. The summed E-state index contributed by atoms with van der Waals surface area (Å²) in [6.07, 6.45) is 2.41. The van der Waals surface area contributed by atoms with Crippen LogP contribution in [0.4, 0.5) is 0 Å². The second-order valence-electron chi connectivity index (χ2n) is 4.55. The summed E-state index contributed by atoms with van der Waals surface area (Å²) in [4.78, 5) is 2.44. The van der Waals surface area contributed by atoms with Gasteiger partial charge in [0, 0.05) is 12.6 Å². The molecule has 0 aromatic heterocycles. The van der Waals surface area contributed by atoms with E-state index >= 15 is 0 Å². The van der Waals surface area contributed by atoms with Crippen LogP contribution in [0.5, 0.6) is 0 Å². The van der Waals surface area contributed by atoms with E-state index in [0.29, 0.717) is 16.1 Å². The molecule has 1 aliphatic heterocycles. The Labute approximate surface area is 113 Å². The van der Waals surface area contributed by atoms with Gasteiger partial charge in [-0.05, 0) is 44.6 Å². The van der Waals surface area contributed by atoms with Crippen molar-refractivity contribution >= 4 is 23.2 Å². The second-order valence-corrected chi connectivity index (χ2v) is 5.34. The predicted octanol–water partition coefficient (Wildman–Crippen LogP) is 3.18. The molecule has 1 saturated heterocycles. The Balaban J connectivity index is 1.95. The Morgan fingerprint density at radius 3 is 2.65 bits per heavy atom. The maximum Gasteiger partial charge on any atom is 0.0637 e. The first-order valence-electron chi connectivity index (χ1n) is 6.03. The SMILES string of the molecule is CNC1CCN(Cc2cccc(Cl)c2Cl)CC1. The summed E-state index contributed by atoms with van der Waals surface area (Å²) in [5.74, 6) is 0. The van der Waals surface area contributed by atoms with Gasteiger partial charge in [-0.25, -0.2) is 0 Å². The molecule has 94 valence electrons. The molecular weight excluding hydrogens is 255 g/mol. The standard InChI is InChI=1S/C13H18Cl2N2/c1-16-11-5-7-17(8-6-11)9-10-3-2-4-12(14)13(10)15/h2-4,11,16H,5-9H2,1H3. The highest BCUT2D eigenvalue weighted by atomic mass is 35.5. The van der Waals surface area contributed by atoms with Crippen molar-refractivity contribution in [1.29, 1.82) is 0 Å². The van der Waals surface area contributed by atoms with Crippen molar-refractivity contribution in [3.8, 4) is 0 Å². The van der Waals surface area contributed by atoms with Crippen molar-refractivity contribution in [1.82, 2.24) is 10.2 Å². The Bertz CT molecular complexity index is 374. The van der Waals surface area contributed by atoms with Gasteiger partial charge in [-0.15, -0.1) is 0 Å². The zero-order valence-electron chi connectivity index (χ0n) is 10.0. The van der Waals surface area contributed by atoms with Crippen molar-refractivity contribution < 1.29 is 0 Å². The molecule has 1 aliphatic rings. The summed E-state index contributed by atoms with van der Waals surface area (Å²) in [6, 6.07) is 6.52. The first-order chi connectivity index (χ1) is 8.20. The van der Waals surface area contributed by atoms with Crippen molar-refractivity contribution in [3.05, 3.63) is 33.8 Å². The van der Waals surface area contributed by atoms with E-state index in [1.165, 1.54) is 12.8 Å². The van der Waals surface area contributed by atoms with E-state index in [2.05, 4.69) is 16.3 Å². The molecule has 17 heavy (non-hydrogen) atoms. The number of likely N-dealkylation sites (tertiary alicyclic amines) is 1. The smallest absolute Gasteiger partial charge is 0.0637 e. The fourth-order valence-corrected chi connectivity index (χ4v) is 2.67. The summed E-state index contributed by atoms with van der Waals surface area (Å²) < 4.78 is 0. The average molecular weight is 273 g/mol. The van der Waals surface area contributed by atoms with Gasteiger partial charge in [0.15, 0.2) is 0 Å². The summed E-state index contributed by atoms with van der Waals surface area (Å²) in [5.41, 5.74) is 1.13. The van der Waals surface area contributed by atoms with Gasteiger partial charge >= 0.3 is 0 Å². The van der Waals surface area contributed by atoms with Gasteiger partial charge in [0.2, 0.25) is 0 Å². The van der Waals surface area contributed by atoms with Gasteiger partial charge in [0.1, 0.15) is 0 Å². The Morgan fingerprint density at radius 2 is 2.00 bits per heavy atom. The van der Waals surface area contributed by atoms with Crippen molar-refractivity contribution in [2.75, 3.05) is 20.1 Å². The summed E-state index contributed by atoms with van der Waals surface area (Å²) in [7, 11) is 2.04. The van der Waals surface area contributed by atoms with E-state index in [1.807, 2.05) is 19.2 Å². The number of nitrogens with one attached hydrogen (secondary N) is 1. The fraction of sp³-hybridized carbons (Fsp3) is 0.538. The first kappa shape index (κ1) is 13.2. The van der Waals surface area contributed by atoms with Crippen LogP contribution in [0.15, 0.2) is 18.2 Å². The van der Waals surface area contributed by atoms with Crippen molar-refractivity contribution in [2.24, 2.45) is 0 Å². The summed E-state index contributed by atoms with van der Waals surface area (Å²) in [5, 5.41) is 4.68. The van der Waals surface area contributed by atoms with E-state index in [1.54, 1.807) is 0 Å². The van der Waals surface area contributed by atoms with Crippen LogP contribution < -0.4 is 5.32 Å². The lowest BCUT2D eigenvalue weighted by Gasteiger charge is -2.31. The Morgan fingerprint density at radius 1 is 1.29 bits per heavy atom. The quantitative estimate of drug-likeness (QED) is 0.910. The molecule has 1 heterocycles. The molecule has 0 atom stereocenters. The van der Waals surface area contributed by atoms with E-state index in [-0.39, 0.29) is 0 Å². The minimum atomic E-state index is 0.647. The number of rotatable bonds is 3. The van der Waals surface area contributed by atoms with E-state index in [4.69, 9.17) is 23.2 Å². The largest absolute Gasteiger partial charge is 0.317 e. The van der Waals surface area contributed by atoms with Crippen LogP contribution in [0.1, 0.15) is 18.4 Å². The van der Waals surface area contributed by atoms with Crippen LogP contribution in [-0.4, -0.2) is 31.1 Å². The molecular formula is C13H18Cl2N2. The molecule has 1 aromatic rings. The number of halogens is 2. The molecule has 1 aromatic carbocycles. The normalized spacial score (nSPS) is 18.5. The van der Waals surface area contributed by atoms with Gasteiger partial charge in [-0.2, -0.15) is 0 Å². The third-order valence-electron chi connectivity index (χ3n) is 3.42. The van der Waals surface area contributed by atoms with Crippen molar-refractivity contribution in [2.45, 2.75) is 25.4 Å². The molecule has 0 saturated carbocycles. The van der Waals surface area contributed by atoms with E-state index < -0.39 is 0 Å². The molecule has 4 heteroatoms. The predicted molar refractivity (Wildman–Crippen MR) is 73.8 cm³/mol. The minimum Gasteiger partial charge on any atom is -0.317 e. The van der Waals surface area contributed by atoms with Crippen LogP contribution in [0, 0.1) is 0 Å². The van der Waals surface area contributed by atoms with E-state index in [9.17, 15) is 0 Å². The molecule has 1 fully saturated rings.